The van der Waals surface area contributed by atoms with Gasteiger partial charge in [-0.1, -0.05) is 19.8 Å². The lowest BCUT2D eigenvalue weighted by Gasteiger charge is -2.27. The number of hydrogen-bond acceptors (Lipinski definition) is 3. The van der Waals surface area contributed by atoms with Crippen LogP contribution in [0.1, 0.15) is 67.5 Å². The van der Waals surface area contributed by atoms with Crippen LogP contribution in [0.4, 0.5) is 0 Å². The zero-order valence-electron chi connectivity index (χ0n) is 10.8. The average Bonchev–Trinajstić information content (AvgIpc) is 2.40. The summed E-state index contributed by atoms with van der Waals surface area (Å²) in [6.07, 6.45) is 10.2. The standard InChI is InChI=1S/C14H20N2O2/c1-2-3-10-4-6-11(7-5-10)13-15-8-12(9-16-13)14(17)18/h8-11H,2-7H2,1H3,(H,17,18)/t10-,11-. The molecular weight excluding hydrogens is 228 g/mol. The lowest BCUT2D eigenvalue weighted by atomic mass is 9.80. The molecule has 98 valence electrons. The molecular formula is C14H20N2O2. The maximum absolute atomic E-state index is 10.7. The van der Waals surface area contributed by atoms with Crippen LogP contribution in [0.3, 0.4) is 0 Å². The number of aromatic nitrogens is 2. The molecule has 0 amide bonds. The number of carbonyl (C=O) groups is 1. The van der Waals surface area contributed by atoms with Gasteiger partial charge in [-0.3, -0.25) is 0 Å². The molecule has 1 heterocycles. The number of rotatable bonds is 4. The molecule has 0 saturated heterocycles. The predicted octanol–water partition coefficient (Wildman–Crippen LogP) is 3.25. The van der Waals surface area contributed by atoms with Crippen molar-refractivity contribution in [2.45, 2.75) is 51.4 Å². The van der Waals surface area contributed by atoms with E-state index >= 15 is 0 Å². The van der Waals surface area contributed by atoms with Crippen LogP contribution in [0, 0.1) is 5.92 Å². The van der Waals surface area contributed by atoms with E-state index in [1.54, 1.807) is 0 Å². The second-order valence-corrected chi connectivity index (χ2v) is 5.14. The van der Waals surface area contributed by atoms with Crippen molar-refractivity contribution in [3.8, 4) is 0 Å². The molecule has 0 aliphatic heterocycles. The van der Waals surface area contributed by atoms with Gasteiger partial charge in [0.1, 0.15) is 5.82 Å². The van der Waals surface area contributed by atoms with Gasteiger partial charge in [-0.05, 0) is 31.6 Å². The van der Waals surface area contributed by atoms with Crippen molar-refractivity contribution < 1.29 is 9.90 Å². The van der Waals surface area contributed by atoms with Crippen molar-refractivity contribution >= 4 is 5.97 Å². The molecule has 0 bridgehead atoms. The minimum absolute atomic E-state index is 0.165. The Hall–Kier alpha value is -1.45. The summed E-state index contributed by atoms with van der Waals surface area (Å²) in [5.41, 5.74) is 0.165. The van der Waals surface area contributed by atoms with Gasteiger partial charge in [0.05, 0.1) is 5.56 Å². The highest BCUT2D eigenvalue weighted by molar-refractivity contribution is 5.86. The normalized spacial score (nSPS) is 23.8. The molecule has 1 aliphatic carbocycles. The highest BCUT2D eigenvalue weighted by Gasteiger charge is 2.23. The summed E-state index contributed by atoms with van der Waals surface area (Å²) in [7, 11) is 0. The molecule has 1 aliphatic rings. The number of hydrogen-bond donors (Lipinski definition) is 1. The van der Waals surface area contributed by atoms with E-state index in [0.717, 1.165) is 24.6 Å². The zero-order valence-corrected chi connectivity index (χ0v) is 10.8. The van der Waals surface area contributed by atoms with Gasteiger partial charge >= 0.3 is 5.97 Å². The molecule has 1 N–H and O–H groups in total. The molecule has 0 aromatic carbocycles. The van der Waals surface area contributed by atoms with E-state index < -0.39 is 5.97 Å². The van der Waals surface area contributed by atoms with Gasteiger partial charge in [0.15, 0.2) is 0 Å². The van der Waals surface area contributed by atoms with Gasteiger partial charge < -0.3 is 5.11 Å². The van der Waals surface area contributed by atoms with Gasteiger partial charge in [-0.2, -0.15) is 0 Å². The van der Waals surface area contributed by atoms with Crippen LogP contribution in [-0.2, 0) is 0 Å². The van der Waals surface area contributed by atoms with E-state index in [1.807, 2.05) is 0 Å². The minimum Gasteiger partial charge on any atom is -0.478 e. The lowest BCUT2D eigenvalue weighted by Crippen LogP contribution is -2.15. The van der Waals surface area contributed by atoms with Gasteiger partial charge in [0, 0.05) is 18.3 Å². The molecule has 4 heteroatoms. The summed E-state index contributed by atoms with van der Waals surface area (Å²) in [6, 6.07) is 0. The Morgan fingerprint density at radius 2 is 1.89 bits per heavy atom. The van der Waals surface area contributed by atoms with Crippen molar-refractivity contribution in [3.63, 3.8) is 0 Å². The number of nitrogens with zero attached hydrogens (tertiary/aromatic N) is 2. The molecule has 0 unspecified atom stereocenters. The molecule has 1 fully saturated rings. The molecule has 0 spiro atoms. The monoisotopic (exact) mass is 248 g/mol. The molecule has 1 aromatic rings. The van der Waals surface area contributed by atoms with E-state index in [2.05, 4.69) is 16.9 Å². The Morgan fingerprint density at radius 1 is 1.28 bits per heavy atom. The number of carboxylic acid groups (broad SMARTS) is 1. The Kier molecular flexibility index (Phi) is 4.28. The minimum atomic E-state index is -0.965. The first-order valence-corrected chi connectivity index (χ1v) is 6.76. The maximum Gasteiger partial charge on any atom is 0.338 e. The van der Waals surface area contributed by atoms with Gasteiger partial charge in [0.25, 0.3) is 0 Å². The highest BCUT2D eigenvalue weighted by atomic mass is 16.4. The number of carboxylic acids is 1. The SMILES string of the molecule is CCC[C@H]1CC[C@H](c2ncc(C(=O)O)cn2)CC1. The third-order valence-corrected chi connectivity index (χ3v) is 3.83. The van der Waals surface area contributed by atoms with Crippen LogP contribution in [0.5, 0.6) is 0 Å². The number of aromatic carboxylic acids is 1. The second-order valence-electron chi connectivity index (χ2n) is 5.14. The van der Waals surface area contributed by atoms with Gasteiger partial charge in [0.2, 0.25) is 0 Å². The van der Waals surface area contributed by atoms with Crippen molar-refractivity contribution in [2.75, 3.05) is 0 Å². The largest absolute Gasteiger partial charge is 0.478 e. The molecule has 0 atom stereocenters. The smallest absolute Gasteiger partial charge is 0.338 e. The van der Waals surface area contributed by atoms with Crippen molar-refractivity contribution in [2.24, 2.45) is 5.92 Å². The Bertz CT molecular complexity index is 395. The van der Waals surface area contributed by atoms with Crippen LogP contribution in [0.25, 0.3) is 0 Å². The fourth-order valence-corrected chi connectivity index (χ4v) is 2.78. The summed E-state index contributed by atoms with van der Waals surface area (Å²) in [4.78, 5) is 19.1. The molecule has 0 radical (unpaired) electrons. The topological polar surface area (TPSA) is 63.1 Å². The quantitative estimate of drug-likeness (QED) is 0.888. The molecule has 1 aromatic heterocycles. The first-order valence-electron chi connectivity index (χ1n) is 6.76. The zero-order chi connectivity index (χ0) is 13.0. The summed E-state index contributed by atoms with van der Waals surface area (Å²) >= 11 is 0. The Balaban J connectivity index is 1.95. The first kappa shape index (κ1) is 13.0. The van der Waals surface area contributed by atoms with Crippen LogP contribution >= 0.6 is 0 Å². The molecule has 4 nitrogen and oxygen atoms in total. The summed E-state index contributed by atoms with van der Waals surface area (Å²) in [5, 5.41) is 8.80. The summed E-state index contributed by atoms with van der Waals surface area (Å²) in [5.74, 6) is 1.13. The van der Waals surface area contributed by atoms with Crippen molar-refractivity contribution in [1.29, 1.82) is 0 Å². The lowest BCUT2D eigenvalue weighted by molar-refractivity contribution is 0.0696. The van der Waals surface area contributed by atoms with Gasteiger partial charge in [-0.15, -0.1) is 0 Å². The Labute approximate surface area is 107 Å². The van der Waals surface area contributed by atoms with E-state index in [9.17, 15) is 4.79 Å². The first-order chi connectivity index (χ1) is 8.70. The molecule has 2 rings (SSSR count). The summed E-state index contributed by atoms with van der Waals surface area (Å²) in [6.45, 7) is 2.24. The molecule has 18 heavy (non-hydrogen) atoms. The van der Waals surface area contributed by atoms with E-state index in [-0.39, 0.29) is 5.56 Å². The molecule has 1 saturated carbocycles. The predicted molar refractivity (Wildman–Crippen MR) is 68.6 cm³/mol. The van der Waals surface area contributed by atoms with Crippen LogP contribution in [0.2, 0.25) is 0 Å². The third kappa shape index (κ3) is 3.06. The van der Waals surface area contributed by atoms with Crippen molar-refractivity contribution in [1.82, 2.24) is 9.97 Å². The maximum atomic E-state index is 10.7. The Morgan fingerprint density at radius 3 is 2.39 bits per heavy atom. The third-order valence-electron chi connectivity index (χ3n) is 3.83. The van der Waals surface area contributed by atoms with Gasteiger partial charge in [-0.25, -0.2) is 14.8 Å². The fourth-order valence-electron chi connectivity index (χ4n) is 2.78. The van der Waals surface area contributed by atoms with E-state index in [4.69, 9.17) is 5.11 Å². The van der Waals surface area contributed by atoms with Crippen LogP contribution < -0.4 is 0 Å². The van der Waals surface area contributed by atoms with Crippen molar-refractivity contribution in [3.05, 3.63) is 23.8 Å². The van der Waals surface area contributed by atoms with E-state index in [0.29, 0.717) is 5.92 Å². The van der Waals surface area contributed by atoms with Crippen LogP contribution in [-0.4, -0.2) is 21.0 Å². The highest BCUT2D eigenvalue weighted by Crippen LogP contribution is 2.35. The average molecular weight is 248 g/mol. The van der Waals surface area contributed by atoms with E-state index in [1.165, 1.54) is 38.1 Å². The second kappa shape index (κ2) is 5.94. The summed E-state index contributed by atoms with van der Waals surface area (Å²) < 4.78 is 0. The fraction of sp³-hybridized carbons (Fsp3) is 0.643. The van der Waals surface area contributed by atoms with Crippen LogP contribution in [0.15, 0.2) is 12.4 Å².